The van der Waals surface area contributed by atoms with Crippen LogP contribution in [0, 0.1) is 5.92 Å². The molecule has 4 heteroatoms. The Bertz CT molecular complexity index is 740. The van der Waals surface area contributed by atoms with E-state index in [1.165, 1.54) is 5.56 Å². The number of halogens is 2. The molecule has 120 valence electrons. The highest BCUT2D eigenvalue weighted by Crippen LogP contribution is 2.55. The van der Waals surface area contributed by atoms with E-state index in [1.54, 1.807) is 0 Å². The highest BCUT2D eigenvalue weighted by molar-refractivity contribution is 9.10. The number of benzene rings is 2. The van der Waals surface area contributed by atoms with Gasteiger partial charge < -0.3 is 9.47 Å². The van der Waals surface area contributed by atoms with E-state index in [0.717, 1.165) is 26.7 Å². The molecule has 0 amide bonds. The van der Waals surface area contributed by atoms with E-state index in [9.17, 15) is 0 Å². The Morgan fingerprint density at radius 2 is 1.70 bits per heavy atom. The molecule has 0 unspecified atom stereocenters. The molecule has 0 saturated carbocycles. The number of fused-ring (bicyclic) bond motifs is 3. The summed E-state index contributed by atoms with van der Waals surface area (Å²) < 4.78 is 14.9. The van der Waals surface area contributed by atoms with Crippen molar-refractivity contribution in [2.24, 2.45) is 5.92 Å². The largest absolute Gasteiger partial charge is 0.487 e. The summed E-state index contributed by atoms with van der Waals surface area (Å²) in [5, 5.41) is 0. The van der Waals surface area contributed by atoms with Gasteiger partial charge in [0.25, 0.3) is 0 Å². The lowest BCUT2D eigenvalue weighted by atomic mass is 9.78. The van der Waals surface area contributed by atoms with E-state index in [1.807, 2.05) is 12.1 Å². The van der Waals surface area contributed by atoms with Crippen LogP contribution in [-0.2, 0) is 4.74 Å². The summed E-state index contributed by atoms with van der Waals surface area (Å²) in [5.74, 6) is 1.29. The zero-order valence-electron chi connectivity index (χ0n) is 13.1. The van der Waals surface area contributed by atoms with E-state index in [0.29, 0.717) is 5.92 Å². The molecule has 2 aromatic rings. The first-order valence-electron chi connectivity index (χ1n) is 7.83. The molecule has 3 atom stereocenters. The SMILES string of the molecule is CC1(C)Oc2ccc(Br)cc2[C@H]2O[C@@H](c3ccc(Br)cc3)C[C@@H]21. The van der Waals surface area contributed by atoms with Gasteiger partial charge in [-0.3, -0.25) is 0 Å². The van der Waals surface area contributed by atoms with Gasteiger partial charge in [-0.25, -0.2) is 0 Å². The van der Waals surface area contributed by atoms with Crippen LogP contribution >= 0.6 is 31.9 Å². The highest BCUT2D eigenvalue weighted by Gasteiger charge is 2.50. The van der Waals surface area contributed by atoms with Gasteiger partial charge in [0.05, 0.1) is 12.2 Å². The van der Waals surface area contributed by atoms with E-state index >= 15 is 0 Å². The van der Waals surface area contributed by atoms with E-state index in [-0.39, 0.29) is 17.8 Å². The molecule has 2 aromatic carbocycles. The summed E-state index contributed by atoms with van der Waals surface area (Å²) in [6.45, 7) is 4.34. The summed E-state index contributed by atoms with van der Waals surface area (Å²) >= 11 is 7.06. The Labute approximate surface area is 153 Å². The van der Waals surface area contributed by atoms with Crippen molar-refractivity contribution in [3.63, 3.8) is 0 Å². The molecule has 2 heterocycles. The van der Waals surface area contributed by atoms with Crippen LogP contribution in [-0.4, -0.2) is 5.60 Å². The van der Waals surface area contributed by atoms with Gasteiger partial charge in [0.15, 0.2) is 0 Å². The van der Waals surface area contributed by atoms with Crippen molar-refractivity contribution in [2.45, 2.75) is 38.1 Å². The lowest BCUT2D eigenvalue weighted by Gasteiger charge is -2.41. The lowest BCUT2D eigenvalue weighted by Crippen LogP contribution is -2.42. The average Bonchev–Trinajstić information content (AvgIpc) is 2.95. The third-order valence-electron chi connectivity index (χ3n) is 4.93. The second kappa shape index (κ2) is 5.61. The second-order valence-corrected chi connectivity index (χ2v) is 8.66. The molecule has 2 aliphatic heterocycles. The molecule has 0 aliphatic carbocycles. The minimum atomic E-state index is -0.227. The van der Waals surface area contributed by atoms with Crippen molar-refractivity contribution in [1.29, 1.82) is 0 Å². The van der Waals surface area contributed by atoms with E-state index < -0.39 is 0 Å². The third-order valence-corrected chi connectivity index (χ3v) is 5.95. The highest BCUT2D eigenvalue weighted by atomic mass is 79.9. The smallest absolute Gasteiger partial charge is 0.126 e. The zero-order chi connectivity index (χ0) is 16.2. The van der Waals surface area contributed by atoms with Gasteiger partial charge in [0, 0.05) is 20.4 Å². The van der Waals surface area contributed by atoms with Crippen molar-refractivity contribution in [2.75, 3.05) is 0 Å². The molecular weight excluding hydrogens is 420 g/mol. The van der Waals surface area contributed by atoms with Crippen molar-refractivity contribution in [1.82, 2.24) is 0 Å². The summed E-state index contributed by atoms with van der Waals surface area (Å²) in [6, 6.07) is 14.6. The Morgan fingerprint density at radius 1 is 1.00 bits per heavy atom. The summed E-state index contributed by atoms with van der Waals surface area (Å²) in [4.78, 5) is 0. The van der Waals surface area contributed by atoms with E-state index in [2.05, 4.69) is 76.0 Å². The fraction of sp³-hybridized carbons (Fsp3) is 0.368. The molecule has 2 nitrogen and oxygen atoms in total. The van der Waals surface area contributed by atoms with Gasteiger partial charge in [-0.15, -0.1) is 0 Å². The van der Waals surface area contributed by atoms with Crippen LogP contribution in [0.3, 0.4) is 0 Å². The Balaban J connectivity index is 1.72. The molecule has 23 heavy (non-hydrogen) atoms. The van der Waals surface area contributed by atoms with Crippen LogP contribution in [0.2, 0.25) is 0 Å². The predicted molar refractivity (Wildman–Crippen MR) is 97.7 cm³/mol. The summed E-state index contributed by atoms with van der Waals surface area (Å²) in [6.07, 6.45) is 1.18. The number of ether oxygens (including phenoxy) is 2. The molecular formula is C19H18Br2O2. The molecule has 0 spiro atoms. The van der Waals surface area contributed by atoms with Crippen molar-refractivity contribution < 1.29 is 9.47 Å². The molecule has 0 N–H and O–H groups in total. The number of hydrogen-bond acceptors (Lipinski definition) is 2. The zero-order valence-corrected chi connectivity index (χ0v) is 16.2. The topological polar surface area (TPSA) is 18.5 Å². The first kappa shape index (κ1) is 15.7. The van der Waals surface area contributed by atoms with Crippen LogP contribution in [0.4, 0.5) is 0 Å². The minimum absolute atomic E-state index is 0.0832. The average molecular weight is 438 g/mol. The maximum atomic E-state index is 6.49. The van der Waals surface area contributed by atoms with Gasteiger partial charge in [0.2, 0.25) is 0 Å². The lowest BCUT2D eigenvalue weighted by molar-refractivity contribution is -0.0422. The monoisotopic (exact) mass is 436 g/mol. The van der Waals surface area contributed by atoms with E-state index in [4.69, 9.17) is 9.47 Å². The first-order chi connectivity index (χ1) is 10.9. The van der Waals surface area contributed by atoms with Gasteiger partial charge in [-0.2, -0.15) is 0 Å². The molecule has 0 bridgehead atoms. The first-order valence-corrected chi connectivity index (χ1v) is 9.42. The molecule has 1 fully saturated rings. The van der Waals surface area contributed by atoms with Gasteiger partial charge >= 0.3 is 0 Å². The van der Waals surface area contributed by atoms with Crippen LogP contribution < -0.4 is 4.74 Å². The second-order valence-electron chi connectivity index (χ2n) is 6.83. The Kier molecular flexibility index (Phi) is 3.82. The van der Waals surface area contributed by atoms with Crippen LogP contribution in [0.25, 0.3) is 0 Å². The van der Waals surface area contributed by atoms with Crippen LogP contribution in [0.5, 0.6) is 5.75 Å². The normalized spacial score (nSPS) is 27.9. The maximum Gasteiger partial charge on any atom is 0.126 e. The fourth-order valence-corrected chi connectivity index (χ4v) is 4.35. The number of hydrogen-bond donors (Lipinski definition) is 0. The molecule has 1 saturated heterocycles. The quantitative estimate of drug-likeness (QED) is 0.528. The Morgan fingerprint density at radius 3 is 2.43 bits per heavy atom. The summed E-state index contributed by atoms with van der Waals surface area (Å²) in [7, 11) is 0. The molecule has 0 radical (unpaired) electrons. The van der Waals surface area contributed by atoms with Gasteiger partial charge in [0.1, 0.15) is 11.4 Å². The van der Waals surface area contributed by atoms with Crippen LogP contribution in [0.1, 0.15) is 43.6 Å². The molecule has 4 rings (SSSR count). The summed E-state index contributed by atoms with van der Waals surface area (Å²) in [5.41, 5.74) is 2.16. The number of rotatable bonds is 1. The van der Waals surface area contributed by atoms with Crippen molar-refractivity contribution >= 4 is 31.9 Å². The fourth-order valence-electron chi connectivity index (χ4n) is 3.71. The van der Waals surface area contributed by atoms with Crippen molar-refractivity contribution in [3.05, 3.63) is 62.5 Å². The molecule has 0 aromatic heterocycles. The third kappa shape index (κ3) is 2.75. The molecule has 2 aliphatic rings. The maximum absolute atomic E-state index is 6.49. The van der Waals surface area contributed by atoms with Gasteiger partial charge in [-0.05, 0) is 56.2 Å². The standard InChI is InChI=1S/C19H18Br2O2/c1-19(2)15-10-17(11-3-5-12(20)6-4-11)22-18(15)14-9-13(21)7-8-16(14)23-19/h3-9,15,17-18H,10H2,1-2H3/t15-,17+,18+/m0/s1. The van der Waals surface area contributed by atoms with Crippen molar-refractivity contribution in [3.8, 4) is 5.75 Å². The Hall–Kier alpha value is -0.840. The predicted octanol–water partition coefficient (Wildman–Crippen LogP) is 6.20. The minimum Gasteiger partial charge on any atom is -0.487 e. The van der Waals surface area contributed by atoms with Crippen LogP contribution in [0.15, 0.2) is 51.4 Å². The van der Waals surface area contributed by atoms with Gasteiger partial charge in [-0.1, -0.05) is 44.0 Å².